The normalized spacial score (nSPS) is 13.5. The summed E-state index contributed by atoms with van der Waals surface area (Å²) in [7, 11) is 0. The Labute approximate surface area is 471 Å². The summed E-state index contributed by atoms with van der Waals surface area (Å²) in [5.74, 6) is 0. The van der Waals surface area contributed by atoms with E-state index in [4.69, 9.17) is 4.42 Å². The first-order chi connectivity index (χ1) is 39.5. The maximum atomic E-state index is 6.80. The van der Waals surface area contributed by atoms with Gasteiger partial charge < -0.3 is 28.3 Å². The summed E-state index contributed by atoms with van der Waals surface area (Å²) in [5, 5.41) is 7.20. The van der Waals surface area contributed by atoms with Crippen molar-refractivity contribution in [1.29, 1.82) is 0 Å². The molecule has 14 aromatic rings. The van der Waals surface area contributed by atoms with Gasteiger partial charge in [-0.3, -0.25) is 0 Å². The smallest absolute Gasteiger partial charge is 0.252 e. The summed E-state index contributed by atoms with van der Waals surface area (Å²) < 4.78 is 11.9. The minimum atomic E-state index is -0.137. The highest BCUT2D eigenvalue weighted by Crippen LogP contribution is 2.55. The lowest BCUT2D eigenvalue weighted by Gasteiger charge is -2.46. The SMILES string of the molecule is CC(C)(C)c1ccc2c(c1)c1cc(C(C)(C)C)ccc1n2-c1ccc2c(c1)N(c1cccc3oc4ccccc4c13)c1cc(N(c3ccccc3)c3ccccc3)cc3c1B2c1cccc2c1N3c1cccc3c4ccccc4n-2c13. The summed E-state index contributed by atoms with van der Waals surface area (Å²) in [4.78, 5) is 7.64. The topological polar surface area (TPSA) is 32.7 Å². The molecule has 0 spiro atoms. The van der Waals surface area contributed by atoms with Crippen LogP contribution in [0.1, 0.15) is 52.7 Å². The monoisotopic (exact) mass is 1040 g/mol. The molecule has 0 aliphatic carbocycles. The van der Waals surface area contributed by atoms with Crippen molar-refractivity contribution in [3.05, 3.63) is 242 Å². The highest BCUT2D eigenvalue weighted by atomic mass is 16.3. The van der Waals surface area contributed by atoms with Crippen molar-refractivity contribution in [2.75, 3.05) is 14.7 Å². The van der Waals surface area contributed by atoms with Crippen molar-refractivity contribution in [1.82, 2.24) is 9.13 Å². The van der Waals surface area contributed by atoms with Crippen molar-refractivity contribution >= 4 is 140 Å². The van der Waals surface area contributed by atoms with Crippen molar-refractivity contribution in [3.8, 4) is 11.4 Å². The zero-order valence-corrected chi connectivity index (χ0v) is 46.2. The first-order valence-electron chi connectivity index (χ1n) is 28.5. The second-order valence-electron chi connectivity index (χ2n) is 24.5. The minimum Gasteiger partial charge on any atom is -0.456 e. The number of aromatic nitrogens is 2. The van der Waals surface area contributed by atoms with Gasteiger partial charge in [0, 0.05) is 61.1 Å². The lowest BCUT2D eigenvalue weighted by molar-refractivity contribution is 0.590. The first kappa shape index (κ1) is 46.2. The predicted octanol–water partition coefficient (Wildman–Crippen LogP) is 18.2. The van der Waals surface area contributed by atoms with Crippen LogP contribution in [0.3, 0.4) is 0 Å². The molecule has 0 fully saturated rings. The average molecular weight is 1040 g/mol. The van der Waals surface area contributed by atoms with Gasteiger partial charge in [0.05, 0.1) is 55.9 Å². The molecule has 0 bridgehead atoms. The van der Waals surface area contributed by atoms with Crippen molar-refractivity contribution < 1.29 is 4.42 Å². The van der Waals surface area contributed by atoms with E-state index < -0.39 is 0 Å². The van der Waals surface area contributed by atoms with Crippen LogP contribution >= 0.6 is 0 Å². The quantitative estimate of drug-likeness (QED) is 0.161. The maximum Gasteiger partial charge on any atom is 0.252 e. The molecule has 11 aromatic carbocycles. The van der Waals surface area contributed by atoms with Gasteiger partial charge in [-0.05, 0) is 148 Å². The average Bonchev–Trinajstić information content (AvgIpc) is 2.59. The van der Waals surface area contributed by atoms with Gasteiger partial charge in [-0.1, -0.05) is 163 Å². The number of para-hydroxylation sites is 6. The zero-order valence-electron chi connectivity index (χ0n) is 46.2. The number of nitrogens with zero attached hydrogens (tertiary/aromatic N) is 5. The molecule has 0 N–H and O–H groups in total. The largest absolute Gasteiger partial charge is 0.456 e. The Morgan fingerprint density at radius 2 is 0.938 bits per heavy atom. The molecule has 17 rings (SSSR count). The third-order valence-electron chi connectivity index (χ3n) is 17.9. The van der Waals surface area contributed by atoms with E-state index in [1.165, 1.54) is 88.2 Å². The Morgan fingerprint density at radius 3 is 1.64 bits per heavy atom. The van der Waals surface area contributed by atoms with Crippen LogP contribution in [0.4, 0.5) is 51.2 Å². The Kier molecular flexibility index (Phi) is 9.38. The van der Waals surface area contributed by atoms with Gasteiger partial charge in [0.1, 0.15) is 11.2 Å². The molecule has 0 saturated carbocycles. The van der Waals surface area contributed by atoms with E-state index in [0.717, 1.165) is 67.4 Å². The molecule has 3 aliphatic rings. The van der Waals surface area contributed by atoms with Crippen LogP contribution in [0.5, 0.6) is 0 Å². The fraction of sp³-hybridized carbons (Fsp3) is 0.108. The van der Waals surface area contributed by atoms with Gasteiger partial charge in [0.15, 0.2) is 0 Å². The fourth-order valence-corrected chi connectivity index (χ4v) is 14.2. The van der Waals surface area contributed by atoms with Gasteiger partial charge in [-0.25, -0.2) is 0 Å². The first-order valence-corrected chi connectivity index (χ1v) is 28.5. The van der Waals surface area contributed by atoms with Crippen LogP contribution < -0.4 is 31.1 Å². The Bertz CT molecular complexity index is 4880. The highest BCUT2D eigenvalue weighted by Gasteiger charge is 2.47. The van der Waals surface area contributed by atoms with E-state index in [1.807, 2.05) is 0 Å². The van der Waals surface area contributed by atoms with Gasteiger partial charge in [0.2, 0.25) is 0 Å². The summed E-state index contributed by atoms with van der Waals surface area (Å²) in [6.45, 7) is 13.8. The minimum absolute atomic E-state index is 0.0225. The number of furan rings is 1. The zero-order chi connectivity index (χ0) is 54.2. The van der Waals surface area contributed by atoms with E-state index in [-0.39, 0.29) is 17.5 Å². The van der Waals surface area contributed by atoms with E-state index in [2.05, 4.69) is 296 Å². The number of anilines is 9. The summed E-state index contributed by atoms with van der Waals surface area (Å²) in [6.07, 6.45) is 0. The summed E-state index contributed by atoms with van der Waals surface area (Å²) in [5.41, 5.74) is 25.2. The maximum absolute atomic E-state index is 6.80. The predicted molar refractivity (Wildman–Crippen MR) is 342 cm³/mol. The standard InChI is InChI=1S/C74H56BN5O/c1-73(2,3)45-34-38-59-54(40-45)55-41-46(74(4,5)6)35-39-60(55)77(59)49-36-37-56-64(42-49)78(61-29-19-33-68-69(61)53-25-14-16-32-67(53)81-68)65-43-50(76(47-20-9-7-10-21-47)48-22-11-8-12-23-48)44-66-70(65)75(56)57-27-18-31-63-72(57)80(66)62-30-17-26-52-51-24-13-15-28-58(51)79(63)71(52)62/h7-44H,1-6H3. The number of benzene rings is 11. The number of hydrogen-bond acceptors (Lipinski definition) is 4. The molecule has 7 heteroatoms. The molecule has 0 unspecified atom stereocenters. The second kappa shape index (κ2) is 16.4. The van der Waals surface area contributed by atoms with E-state index in [1.54, 1.807) is 0 Å². The van der Waals surface area contributed by atoms with Crippen molar-refractivity contribution in [3.63, 3.8) is 0 Å². The molecule has 386 valence electrons. The van der Waals surface area contributed by atoms with Gasteiger partial charge in [-0.2, -0.15) is 0 Å². The van der Waals surface area contributed by atoms with Crippen LogP contribution in [-0.2, 0) is 10.8 Å². The Hall–Kier alpha value is -9.72. The molecule has 81 heavy (non-hydrogen) atoms. The van der Waals surface area contributed by atoms with Crippen LogP contribution in [0.2, 0.25) is 0 Å². The molecule has 0 radical (unpaired) electrons. The summed E-state index contributed by atoms with van der Waals surface area (Å²) in [6, 6.07) is 86.3. The third kappa shape index (κ3) is 6.46. The lowest BCUT2D eigenvalue weighted by atomic mass is 9.33. The molecule has 0 amide bonds. The molecular formula is C74H56BN5O. The Balaban J connectivity index is 1.03. The van der Waals surface area contributed by atoms with Crippen LogP contribution in [0, 0.1) is 0 Å². The van der Waals surface area contributed by atoms with E-state index >= 15 is 0 Å². The molecule has 6 heterocycles. The van der Waals surface area contributed by atoms with Crippen molar-refractivity contribution in [2.24, 2.45) is 0 Å². The van der Waals surface area contributed by atoms with Gasteiger partial charge in [-0.15, -0.1) is 0 Å². The van der Waals surface area contributed by atoms with E-state index in [9.17, 15) is 0 Å². The molecule has 6 nitrogen and oxygen atoms in total. The van der Waals surface area contributed by atoms with Crippen LogP contribution in [0.15, 0.2) is 235 Å². The highest BCUT2D eigenvalue weighted by molar-refractivity contribution is 7.00. The molecule has 3 aromatic heterocycles. The second-order valence-corrected chi connectivity index (χ2v) is 24.5. The lowest BCUT2D eigenvalue weighted by Crippen LogP contribution is -2.61. The molecule has 0 atom stereocenters. The number of rotatable bonds is 5. The Morgan fingerprint density at radius 1 is 0.370 bits per heavy atom. The van der Waals surface area contributed by atoms with Crippen LogP contribution in [0.25, 0.3) is 76.9 Å². The van der Waals surface area contributed by atoms with Crippen LogP contribution in [-0.4, -0.2) is 15.8 Å². The van der Waals surface area contributed by atoms with Gasteiger partial charge >= 0.3 is 0 Å². The number of fused-ring (bicyclic) bond motifs is 15. The third-order valence-corrected chi connectivity index (χ3v) is 17.9. The molecule has 0 saturated heterocycles. The van der Waals surface area contributed by atoms with E-state index in [0.29, 0.717) is 0 Å². The number of hydrogen-bond donors (Lipinski definition) is 0. The molecule has 3 aliphatic heterocycles. The van der Waals surface area contributed by atoms with Gasteiger partial charge in [0.25, 0.3) is 6.71 Å². The fourth-order valence-electron chi connectivity index (χ4n) is 14.2. The summed E-state index contributed by atoms with van der Waals surface area (Å²) >= 11 is 0. The van der Waals surface area contributed by atoms with Crippen molar-refractivity contribution in [2.45, 2.75) is 52.4 Å². The molecular weight excluding hydrogens is 986 g/mol.